The van der Waals surface area contributed by atoms with Crippen molar-refractivity contribution in [1.29, 1.82) is 0 Å². The van der Waals surface area contributed by atoms with Crippen LogP contribution in [0.25, 0.3) is 0 Å². The average Bonchev–Trinajstić information content (AvgIpc) is 2.94. The van der Waals surface area contributed by atoms with Gasteiger partial charge in [-0.1, -0.05) is 0 Å². The van der Waals surface area contributed by atoms with Gasteiger partial charge in [0.1, 0.15) is 0 Å². The first-order chi connectivity index (χ1) is 10.1. The second-order valence-corrected chi connectivity index (χ2v) is 6.95. The van der Waals surface area contributed by atoms with Crippen LogP contribution in [0.15, 0.2) is 5.38 Å². The number of hydrogen-bond donors (Lipinski definition) is 1. The number of thiazole rings is 1. The average molecular weight is 381 g/mol. The minimum absolute atomic E-state index is 0. The maximum Gasteiger partial charge on any atom is 0.226 e. The second kappa shape index (κ2) is 9.06. The molecule has 23 heavy (non-hydrogen) atoms. The van der Waals surface area contributed by atoms with E-state index in [1.165, 1.54) is 0 Å². The maximum atomic E-state index is 12.7. The highest BCUT2D eigenvalue weighted by Crippen LogP contribution is 2.27. The zero-order valence-corrected chi connectivity index (χ0v) is 16.1. The highest BCUT2D eigenvalue weighted by Gasteiger charge is 2.32. The molecule has 2 aliphatic heterocycles. The van der Waals surface area contributed by atoms with E-state index < -0.39 is 0 Å². The summed E-state index contributed by atoms with van der Waals surface area (Å²) in [7, 11) is 0. The van der Waals surface area contributed by atoms with Crippen molar-refractivity contribution < 1.29 is 4.79 Å². The van der Waals surface area contributed by atoms with Gasteiger partial charge in [0.25, 0.3) is 0 Å². The largest absolute Gasteiger partial charge is 0.348 e. The van der Waals surface area contributed by atoms with Crippen molar-refractivity contribution in [3.63, 3.8) is 0 Å². The van der Waals surface area contributed by atoms with Crippen molar-refractivity contribution >= 4 is 47.2 Å². The number of carbonyl (C=O) groups excluding carboxylic acids is 1. The van der Waals surface area contributed by atoms with Gasteiger partial charge in [-0.15, -0.1) is 36.2 Å². The van der Waals surface area contributed by atoms with Gasteiger partial charge in [0, 0.05) is 50.1 Å². The first kappa shape index (κ1) is 20.5. The van der Waals surface area contributed by atoms with Crippen LogP contribution in [-0.2, 0) is 4.79 Å². The summed E-state index contributed by atoms with van der Waals surface area (Å²) in [5, 5.41) is 6.54. The summed E-state index contributed by atoms with van der Waals surface area (Å²) >= 11 is 1.71. The number of piperidine rings is 1. The van der Waals surface area contributed by atoms with E-state index in [1.807, 2.05) is 6.92 Å². The molecule has 0 radical (unpaired) electrons. The molecule has 2 saturated heterocycles. The molecule has 1 aromatic rings. The molecule has 2 aliphatic rings. The summed E-state index contributed by atoms with van der Waals surface area (Å²) in [6.45, 7) is 8.76. The van der Waals surface area contributed by atoms with E-state index in [2.05, 4.69) is 32.4 Å². The van der Waals surface area contributed by atoms with Crippen LogP contribution in [0.5, 0.6) is 0 Å². The summed E-state index contributed by atoms with van der Waals surface area (Å²) in [6.07, 6.45) is 1.90. The Labute approximate surface area is 154 Å². The molecule has 0 aromatic carbocycles. The molecule has 1 atom stereocenters. The van der Waals surface area contributed by atoms with E-state index in [9.17, 15) is 4.79 Å². The standard InChI is InChI=1S/C15H24N4OS.2ClH/c1-11-10-21-15(17-11)18-6-3-13(4-7-18)14(20)19-8-5-16-9-12(19)2;;/h10,12-13,16H,3-9H2,1-2H3;2*1H/t12-;;/m1../s1. The summed E-state index contributed by atoms with van der Waals surface area (Å²) in [4.78, 5) is 21.6. The number of halogens is 2. The summed E-state index contributed by atoms with van der Waals surface area (Å²) in [6, 6.07) is 0.325. The molecule has 0 aliphatic carbocycles. The van der Waals surface area contributed by atoms with Gasteiger partial charge < -0.3 is 15.1 Å². The van der Waals surface area contributed by atoms with E-state index >= 15 is 0 Å². The zero-order valence-electron chi connectivity index (χ0n) is 13.7. The Kier molecular flexibility index (Phi) is 8.07. The molecule has 1 N–H and O–H groups in total. The van der Waals surface area contributed by atoms with E-state index in [1.54, 1.807) is 11.3 Å². The number of nitrogens with one attached hydrogen (secondary N) is 1. The molecule has 1 amide bonds. The van der Waals surface area contributed by atoms with Gasteiger partial charge in [-0.2, -0.15) is 0 Å². The van der Waals surface area contributed by atoms with Crippen molar-refractivity contribution in [1.82, 2.24) is 15.2 Å². The van der Waals surface area contributed by atoms with Crippen LogP contribution >= 0.6 is 36.2 Å². The van der Waals surface area contributed by atoms with Crippen molar-refractivity contribution in [2.75, 3.05) is 37.6 Å². The molecule has 0 bridgehead atoms. The molecular weight excluding hydrogens is 355 g/mol. The van der Waals surface area contributed by atoms with Crippen molar-refractivity contribution in [3.05, 3.63) is 11.1 Å². The number of piperazine rings is 1. The highest BCUT2D eigenvalue weighted by molar-refractivity contribution is 7.13. The Hall–Kier alpha value is -0.560. The van der Waals surface area contributed by atoms with Gasteiger partial charge in [-0.05, 0) is 26.7 Å². The van der Waals surface area contributed by atoms with Crippen LogP contribution in [0.1, 0.15) is 25.5 Å². The molecule has 8 heteroatoms. The van der Waals surface area contributed by atoms with Crippen LogP contribution in [0.3, 0.4) is 0 Å². The van der Waals surface area contributed by atoms with E-state index in [-0.39, 0.29) is 30.7 Å². The zero-order chi connectivity index (χ0) is 14.8. The summed E-state index contributed by atoms with van der Waals surface area (Å²) in [5.41, 5.74) is 1.09. The predicted molar refractivity (Wildman–Crippen MR) is 100 cm³/mol. The van der Waals surface area contributed by atoms with E-state index in [0.717, 1.165) is 56.4 Å². The summed E-state index contributed by atoms with van der Waals surface area (Å²) < 4.78 is 0. The van der Waals surface area contributed by atoms with E-state index in [0.29, 0.717) is 11.9 Å². The Morgan fingerprint density at radius 1 is 1.30 bits per heavy atom. The highest BCUT2D eigenvalue weighted by atomic mass is 35.5. The topological polar surface area (TPSA) is 48.5 Å². The number of amides is 1. The maximum absolute atomic E-state index is 12.7. The minimum atomic E-state index is 0. The Morgan fingerprint density at radius 2 is 2.00 bits per heavy atom. The van der Waals surface area contributed by atoms with Gasteiger partial charge >= 0.3 is 0 Å². The lowest BCUT2D eigenvalue weighted by Crippen LogP contribution is -2.54. The van der Waals surface area contributed by atoms with Crippen LogP contribution < -0.4 is 10.2 Å². The van der Waals surface area contributed by atoms with Gasteiger partial charge in [-0.3, -0.25) is 4.79 Å². The van der Waals surface area contributed by atoms with Crippen LogP contribution in [0.2, 0.25) is 0 Å². The molecule has 0 spiro atoms. The third kappa shape index (κ3) is 4.72. The van der Waals surface area contributed by atoms with Crippen LogP contribution in [0.4, 0.5) is 5.13 Å². The summed E-state index contributed by atoms with van der Waals surface area (Å²) in [5.74, 6) is 0.557. The normalized spacial score (nSPS) is 22.3. The Morgan fingerprint density at radius 3 is 2.57 bits per heavy atom. The third-order valence-electron chi connectivity index (χ3n) is 4.51. The van der Waals surface area contributed by atoms with Crippen LogP contribution in [0, 0.1) is 12.8 Å². The SMILES string of the molecule is Cc1csc(N2CCC(C(=O)N3CCNC[C@H]3C)CC2)n1.Cl.Cl. The minimum Gasteiger partial charge on any atom is -0.348 e. The third-order valence-corrected chi connectivity index (χ3v) is 5.53. The van der Waals surface area contributed by atoms with Crippen molar-refractivity contribution in [2.45, 2.75) is 32.7 Å². The lowest BCUT2D eigenvalue weighted by atomic mass is 9.94. The van der Waals surface area contributed by atoms with Crippen LogP contribution in [-0.4, -0.2) is 54.6 Å². The molecular formula is C15H26Cl2N4OS. The van der Waals surface area contributed by atoms with E-state index in [4.69, 9.17) is 0 Å². The number of carbonyl (C=O) groups is 1. The van der Waals surface area contributed by atoms with Gasteiger partial charge in [0.2, 0.25) is 5.91 Å². The fourth-order valence-corrected chi connectivity index (χ4v) is 4.06. The van der Waals surface area contributed by atoms with Crippen molar-refractivity contribution in [3.8, 4) is 0 Å². The monoisotopic (exact) mass is 380 g/mol. The lowest BCUT2D eigenvalue weighted by molar-refractivity contribution is -0.139. The van der Waals surface area contributed by atoms with Gasteiger partial charge in [0.05, 0.1) is 5.69 Å². The molecule has 3 heterocycles. The fourth-order valence-electron chi connectivity index (χ4n) is 3.21. The van der Waals surface area contributed by atoms with Crippen molar-refractivity contribution in [2.24, 2.45) is 5.92 Å². The molecule has 0 unspecified atom stereocenters. The molecule has 3 rings (SSSR count). The molecule has 5 nitrogen and oxygen atoms in total. The lowest BCUT2D eigenvalue weighted by Gasteiger charge is -2.39. The first-order valence-corrected chi connectivity index (χ1v) is 8.71. The van der Waals surface area contributed by atoms with Gasteiger partial charge in [-0.25, -0.2) is 4.98 Å². The predicted octanol–water partition coefficient (Wildman–Crippen LogP) is 2.33. The quantitative estimate of drug-likeness (QED) is 0.854. The molecule has 1 aromatic heterocycles. The fraction of sp³-hybridized carbons (Fsp3) is 0.733. The first-order valence-electron chi connectivity index (χ1n) is 7.83. The Balaban J connectivity index is 0.00000132. The second-order valence-electron chi connectivity index (χ2n) is 6.12. The molecule has 0 saturated carbocycles. The smallest absolute Gasteiger partial charge is 0.226 e. The molecule has 2 fully saturated rings. The Bertz CT molecular complexity index is 505. The number of anilines is 1. The number of hydrogen-bond acceptors (Lipinski definition) is 5. The molecule has 132 valence electrons. The number of aryl methyl sites for hydroxylation is 1. The number of rotatable bonds is 2. The number of aromatic nitrogens is 1. The van der Waals surface area contributed by atoms with Gasteiger partial charge in [0.15, 0.2) is 5.13 Å². The number of nitrogens with zero attached hydrogens (tertiary/aromatic N) is 3.